The van der Waals surface area contributed by atoms with Crippen molar-refractivity contribution in [3.8, 4) is 0 Å². The van der Waals surface area contributed by atoms with E-state index in [-0.39, 0.29) is 5.54 Å². The molecule has 1 aliphatic carbocycles. The molecule has 1 aliphatic rings. The molecule has 1 saturated carbocycles. The minimum atomic E-state index is 0.283. The molecule has 0 spiro atoms. The third kappa shape index (κ3) is 1.68. The Bertz CT molecular complexity index is 340. The smallest absolute Gasteiger partial charge is 0.0454 e. The molecule has 0 aliphatic heterocycles. The van der Waals surface area contributed by atoms with Crippen LogP contribution in [0.5, 0.6) is 0 Å². The first-order valence-corrected chi connectivity index (χ1v) is 5.66. The van der Waals surface area contributed by atoms with E-state index in [9.17, 15) is 0 Å². The van der Waals surface area contributed by atoms with Crippen LogP contribution < -0.4 is 5.73 Å². The van der Waals surface area contributed by atoms with Gasteiger partial charge in [0.05, 0.1) is 0 Å². The van der Waals surface area contributed by atoms with Gasteiger partial charge in [-0.25, -0.2) is 0 Å². The lowest BCUT2D eigenvalue weighted by Gasteiger charge is -2.48. The van der Waals surface area contributed by atoms with E-state index in [0.717, 1.165) is 0 Å². The Kier molecular flexibility index (Phi) is 2.81. The van der Waals surface area contributed by atoms with Crippen molar-refractivity contribution in [2.24, 2.45) is 5.73 Å². The molecule has 2 nitrogen and oxygen atoms in total. The molecular formula is C13H20N2. The predicted octanol–water partition coefficient (Wildman–Crippen LogP) is 2.09. The highest BCUT2D eigenvalue weighted by Gasteiger charge is 2.40. The third-order valence-corrected chi connectivity index (χ3v) is 3.74. The van der Waals surface area contributed by atoms with Crippen LogP contribution >= 0.6 is 0 Å². The number of benzene rings is 1. The van der Waals surface area contributed by atoms with Crippen LogP contribution in [-0.4, -0.2) is 19.0 Å². The van der Waals surface area contributed by atoms with Crippen molar-refractivity contribution in [2.75, 3.05) is 14.1 Å². The molecular weight excluding hydrogens is 184 g/mol. The minimum absolute atomic E-state index is 0.283. The molecule has 0 aromatic heterocycles. The van der Waals surface area contributed by atoms with Gasteiger partial charge < -0.3 is 5.73 Å². The van der Waals surface area contributed by atoms with Gasteiger partial charge in [-0.05, 0) is 44.5 Å². The lowest BCUT2D eigenvalue weighted by atomic mass is 9.70. The van der Waals surface area contributed by atoms with Gasteiger partial charge in [-0.1, -0.05) is 24.3 Å². The first-order chi connectivity index (χ1) is 7.19. The summed E-state index contributed by atoms with van der Waals surface area (Å²) < 4.78 is 0. The van der Waals surface area contributed by atoms with E-state index < -0.39 is 0 Å². The van der Waals surface area contributed by atoms with Gasteiger partial charge in [-0.2, -0.15) is 0 Å². The monoisotopic (exact) mass is 204 g/mol. The molecule has 0 atom stereocenters. The zero-order valence-electron chi connectivity index (χ0n) is 9.66. The Morgan fingerprint density at radius 3 is 2.53 bits per heavy atom. The topological polar surface area (TPSA) is 29.3 Å². The summed E-state index contributed by atoms with van der Waals surface area (Å²) in [5.74, 6) is 0. The number of hydrogen-bond acceptors (Lipinski definition) is 2. The zero-order chi connectivity index (χ0) is 10.9. The van der Waals surface area contributed by atoms with E-state index in [2.05, 4.69) is 43.3 Å². The minimum Gasteiger partial charge on any atom is -0.326 e. The molecule has 1 aromatic carbocycles. The Morgan fingerprint density at radius 1 is 1.33 bits per heavy atom. The second kappa shape index (κ2) is 3.95. The van der Waals surface area contributed by atoms with Crippen LogP contribution in [0.15, 0.2) is 24.3 Å². The summed E-state index contributed by atoms with van der Waals surface area (Å²) in [4.78, 5) is 2.35. The average molecular weight is 204 g/mol. The van der Waals surface area contributed by atoms with Gasteiger partial charge in [0.25, 0.3) is 0 Å². The second-order valence-electron chi connectivity index (χ2n) is 4.68. The van der Waals surface area contributed by atoms with E-state index in [0.29, 0.717) is 6.54 Å². The number of nitrogens with zero attached hydrogens (tertiary/aromatic N) is 1. The molecule has 15 heavy (non-hydrogen) atoms. The van der Waals surface area contributed by atoms with Gasteiger partial charge in [0.15, 0.2) is 0 Å². The summed E-state index contributed by atoms with van der Waals surface area (Å²) in [6.07, 6.45) is 3.88. The maximum absolute atomic E-state index is 5.68. The maximum atomic E-state index is 5.68. The lowest BCUT2D eigenvalue weighted by molar-refractivity contribution is 0.0576. The van der Waals surface area contributed by atoms with Gasteiger partial charge in [0, 0.05) is 12.1 Å². The van der Waals surface area contributed by atoms with Gasteiger partial charge in [-0.15, -0.1) is 0 Å². The normalized spacial score (nSPS) is 18.9. The number of nitrogens with two attached hydrogens (primary N) is 1. The fourth-order valence-electron chi connectivity index (χ4n) is 2.49. The average Bonchev–Trinajstić information content (AvgIpc) is 2.16. The van der Waals surface area contributed by atoms with Crippen molar-refractivity contribution in [1.82, 2.24) is 4.90 Å². The molecule has 1 fully saturated rings. The molecule has 1 aromatic rings. The first kappa shape index (κ1) is 10.7. The fourth-order valence-corrected chi connectivity index (χ4v) is 2.49. The van der Waals surface area contributed by atoms with Crippen LogP contribution in [0.1, 0.15) is 30.4 Å². The summed E-state index contributed by atoms with van der Waals surface area (Å²) in [6, 6.07) is 8.73. The van der Waals surface area contributed by atoms with Crippen molar-refractivity contribution >= 4 is 0 Å². The predicted molar refractivity (Wildman–Crippen MR) is 63.5 cm³/mol. The summed E-state index contributed by atoms with van der Waals surface area (Å²) in [7, 11) is 4.35. The van der Waals surface area contributed by atoms with Gasteiger partial charge in [0.1, 0.15) is 0 Å². The summed E-state index contributed by atoms with van der Waals surface area (Å²) >= 11 is 0. The molecule has 0 heterocycles. The van der Waals surface area contributed by atoms with E-state index in [1.807, 2.05) is 0 Å². The van der Waals surface area contributed by atoms with Crippen LogP contribution in [-0.2, 0) is 12.1 Å². The van der Waals surface area contributed by atoms with Crippen LogP contribution in [0.3, 0.4) is 0 Å². The first-order valence-electron chi connectivity index (χ1n) is 5.66. The van der Waals surface area contributed by atoms with Crippen molar-refractivity contribution in [3.63, 3.8) is 0 Å². The number of hydrogen-bond donors (Lipinski definition) is 1. The van der Waals surface area contributed by atoms with Crippen LogP contribution in [0, 0.1) is 0 Å². The SMILES string of the molecule is CN(C)C1(c2cccc(CN)c2)CCC1. The zero-order valence-corrected chi connectivity index (χ0v) is 9.66. The van der Waals surface area contributed by atoms with Crippen LogP contribution in [0.4, 0.5) is 0 Å². The highest BCUT2D eigenvalue weighted by atomic mass is 15.2. The molecule has 82 valence electrons. The third-order valence-electron chi connectivity index (χ3n) is 3.74. The van der Waals surface area contributed by atoms with Crippen molar-refractivity contribution < 1.29 is 0 Å². The van der Waals surface area contributed by atoms with E-state index in [4.69, 9.17) is 5.73 Å². The fraction of sp³-hybridized carbons (Fsp3) is 0.538. The summed E-state index contributed by atoms with van der Waals surface area (Å²) in [6.45, 7) is 0.636. The molecule has 0 unspecified atom stereocenters. The van der Waals surface area contributed by atoms with E-state index in [1.165, 1.54) is 30.4 Å². The molecule has 0 saturated heterocycles. The van der Waals surface area contributed by atoms with E-state index >= 15 is 0 Å². The maximum Gasteiger partial charge on any atom is 0.0454 e. The highest BCUT2D eigenvalue weighted by Crippen LogP contribution is 2.45. The molecule has 0 radical (unpaired) electrons. The molecule has 0 amide bonds. The Hall–Kier alpha value is -0.860. The van der Waals surface area contributed by atoms with Crippen molar-refractivity contribution in [2.45, 2.75) is 31.3 Å². The Morgan fingerprint density at radius 2 is 2.07 bits per heavy atom. The summed E-state index contributed by atoms with van der Waals surface area (Å²) in [5.41, 5.74) is 8.64. The molecule has 2 heteroatoms. The quantitative estimate of drug-likeness (QED) is 0.817. The standard InChI is InChI=1S/C13H20N2/c1-15(2)13(7-4-8-13)12-6-3-5-11(9-12)10-14/h3,5-6,9H,4,7-8,10,14H2,1-2H3. The van der Waals surface area contributed by atoms with Crippen LogP contribution in [0.2, 0.25) is 0 Å². The Labute approximate surface area is 92.1 Å². The van der Waals surface area contributed by atoms with Crippen molar-refractivity contribution in [1.29, 1.82) is 0 Å². The molecule has 0 bridgehead atoms. The van der Waals surface area contributed by atoms with Gasteiger partial charge >= 0.3 is 0 Å². The van der Waals surface area contributed by atoms with Crippen LogP contribution in [0.25, 0.3) is 0 Å². The molecule has 2 rings (SSSR count). The second-order valence-corrected chi connectivity index (χ2v) is 4.68. The number of rotatable bonds is 3. The highest BCUT2D eigenvalue weighted by molar-refractivity contribution is 5.31. The lowest BCUT2D eigenvalue weighted by Crippen LogP contribution is -2.47. The Balaban J connectivity index is 2.34. The summed E-state index contributed by atoms with van der Waals surface area (Å²) in [5, 5.41) is 0. The largest absolute Gasteiger partial charge is 0.326 e. The van der Waals surface area contributed by atoms with E-state index in [1.54, 1.807) is 0 Å². The van der Waals surface area contributed by atoms with Gasteiger partial charge in [0.2, 0.25) is 0 Å². The van der Waals surface area contributed by atoms with Crippen molar-refractivity contribution in [3.05, 3.63) is 35.4 Å². The van der Waals surface area contributed by atoms with Gasteiger partial charge in [-0.3, -0.25) is 4.90 Å². The molecule has 2 N–H and O–H groups in total.